The second-order valence-electron chi connectivity index (χ2n) is 8.01. The van der Waals surface area contributed by atoms with Crippen molar-refractivity contribution in [3.05, 3.63) is 18.1 Å². The van der Waals surface area contributed by atoms with Gasteiger partial charge in [-0.2, -0.15) is 0 Å². The first-order valence-electron chi connectivity index (χ1n) is 10.2. The van der Waals surface area contributed by atoms with Gasteiger partial charge in [0.2, 0.25) is 11.1 Å². The Morgan fingerprint density at radius 2 is 2.03 bits per heavy atom. The number of nitrogens with zero attached hydrogens (tertiary/aromatic N) is 4. The third kappa shape index (κ3) is 4.36. The average Bonchev–Trinajstić information content (AvgIpc) is 3.40. The highest BCUT2D eigenvalue weighted by molar-refractivity contribution is 7.99. The molecular formula is C19H27N5O4S2. The molecule has 2 N–H and O–H groups in total. The maximum atomic E-state index is 13.2. The molecule has 0 aromatic carbocycles. The lowest BCUT2D eigenvalue weighted by Crippen LogP contribution is -2.49. The van der Waals surface area contributed by atoms with Crippen LogP contribution in [0, 0.1) is 6.92 Å². The van der Waals surface area contributed by atoms with Gasteiger partial charge >= 0.3 is 0 Å². The second kappa shape index (κ2) is 8.62. The predicted molar refractivity (Wildman–Crippen MR) is 114 cm³/mol. The minimum Gasteiger partial charge on any atom is -0.469 e. The van der Waals surface area contributed by atoms with E-state index in [1.54, 1.807) is 12.3 Å². The zero-order valence-corrected chi connectivity index (χ0v) is 18.6. The highest BCUT2D eigenvalue weighted by atomic mass is 32.2. The summed E-state index contributed by atoms with van der Waals surface area (Å²) in [5.41, 5.74) is 0.753. The molecule has 4 rings (SSSR count). The van der Waals surface area contributed by atoms with Gasteiger partial charge in [0.25, 0.3) is 0 Å². The lowest BCUT2D eigenvalue weighted by atomic mass is 9.93. The van der Waals surface area contributed by atoms with Crippen LogP contribution in [0.4, 0.5) is 0 Å². The fourth-order valence-electron chi connectivity index (χ4n) is 4.44. The van der Waals surface area contributed by atoms with E-state index in [1.807, 2.05) is 11.8 Å². The van der Waals surface area contributed by atoms with Crippen LogP contribution < -0.4 is 5.84 Å². The van der Waals surface area contributed by atoms with E-state index in [2.05, 4.69) is 10.2 Å². The average molecular weight is 454 g/mol. The number of thioether (sulfide) groups is 1. The number of rotatable bonds is 6. The van der Waals surface area contributed by atoms with Crippen LogP contribution in [-0.2, 0) is 14.6 Å². The van der Waals surface area contributed by atoms with Crippen molar-refractivity contribution in [1.29, 1.82) is 0 Å². The Bertz CT molecular complexity index is 1010. The first-order valence-corrected chi connectivity index (χ1v) is 13.1. The number of sulfone groups is 1. The monoisotopic (exact) mass is 453 g/mol. The molecule has 2 fully saturated rings. The second-order valence-corrected chi connectivity index (χ2v) is 11.2. The number of amides is 1. The molecule has 1 saturated carbocycles. The lowest BCUT2D eigenvalue weighted by molar-refractivity contribution is -0.133. The van der Waals surface area contributed by atoms with E-state index in [9.17, 15) is 13.2 Å². The van der Waals surface area contributed by atoms with E-state index in [4.69, 9.17) is 10.3 Å². The molecule has 9 nitrogen and oxygen atoms in total. The van der Waals surface area contributed by atoms with Crippen LogP contribution in [0.25, 0.3) is 11.4 Å². The zero-order valence-electron chi connectivity index (χ0n) is 17.0. The smallest absolute Gasteiger partial charge is 0.233 e. The van der Waals surface area contributed by atoms with Gasteiger partial charge in [-0.05, 0) is 32.3 Å². The molecule has 1 aliphatic heterocycles. The third-order valence-electron chi connectivity index (χ3n) is 5.95. The number of furan rings is 1. The van der Waals surface area contributed by atoms with Crippen LogP contribution in [0.5, 0.6) is 0 Å². The van der Waals surface area contributed by atoms with Gasteiger partial charge in [0, 0.05) is 12.1 Å². The number of nitrogen functional groups attached to an aromatic ring is 1. The molecule has 0 unspecified atom stereocenters. The van der Waals surface area contributed by atoms with Crippen molar-refractivity contribution in [3.8, 4) is 11.4 Å². The molecule has 2 aliphatic rings. The van der Waals surface area contributed by atoms with E-state index in [1.165, 1.54) is 22.9 Å². The minimum atomic E-state index is -3.07. The summed E-state index contributed by atoms with van der Waals surface area (Å²) in [5, 5.41) is 8.68. The summed E-state index contributed by atoms with van der Waals surface area (Å²) >= 11 is 1.22. The van der Waals surface area contributed by atoms with Gasteiger partial charge < -0.3 is 15.2 Å². The first kappa shape index (κ1) is 21.2. The van der Waals surface area contributed by atoms with Crippen LogP contribution in [0.15, 0.2) is 21.9 Å². The van der Waals surface area contributed by atoms with Crippen molar-refractivity contribution >= 4 is 27.5 Å². The summed E-state index contributed by atoms with van der Waals surface area (Å²) in [4.78, 5) is 15.1. The number of aromatic nitrogens is 3. The summed E-state index contributed by atoms with van der Waals surface area (Å²) in [5.74, 6) is 7.63. The Labute approximate surface area is 180 Å². The van der Waals surface area contributed by atoms with Gasteiger partial charge in [-0.3, -0.25) is 4.79 Å². The SMILES string of the molecule is Cc1occc1-c1nnc(SCC(=O)N(C2CCCCC2)[C@H]2CCS(=O)(=O)C2)n1N. The molecule has 0 spiro atoms. The Hall–Kier alpha value is -2.01. The molecule has 1 atom stereocenters. The van der Waals surface area contributed by atoms with Gasteiger partial charge in [0.15, 0.2) is 15.7 Å². The highest BCUT2D eigenvalue weighted by Gasteiger charge is 2.38. The summed E-state index contributed by atoms with van der Waals surface area (Å²) < 4.78 is 30.7. The summed E-state index contributed by atoms with van der Waals surface area (Å²) in [6.07, 6.45) is 7.27. The number of aryl methyl sites for hydroxylation is 1. The zero-order chi connectivity index (χ0) is 21.3. The van der Waals surface area contributed by atoms with Crippen molar-refractivity contribution in [2.75, 3.05) is 23.1 Å². The Balaban J connectivity index is 1.48. The summed E-state index contributed by atoms with van der Waals surface area (Å²) in [6, 6.07) is 1.66. The molecule has 2 aromatic heterocycles. The molecular weight excluding hydrogens is 426 g/mol. The van der Waals surface area contributed by atoms with Crippen molar-refractivity contribution in [2.45, 2.75) is 62.7 Å². The molecule has 3 heterocycles. The molecule has 0 bridgehead atoms. The lowest BCUT2D eigenvalue weighted by Gasteiger charge is -2.38. The molecule has 2 aromatic rings. The molecule has 1 saturated heterocycles. The van der Waals surface area contributed by atoms with E-state index in [0.717, 1.165) is 31.2 Å². The van der Waals surface area contributed by atoms with Crippen molar-refractivity contribution in [2.24, 2.45) is 0 Å². The van der Waals surface area contributed by atoms with Crippen LogP contribution in [-0.4, -0.2) is 63.4 Å². The maximum absolute atomic E-state index is 13.2. The van der Waals surface area contributed by atoms with Gasteiger partial charge in [-0.1, -0.05) is 31.0 Å². The van der Waals surface area contributed by atoms with E-state index in [-0.39, 0.29) is 35.2 Å². The number of carbonyl (C=O) groups excluding carboxylic acids is 1. The molecule has 11 heteroatoms. The quantitative estimate of drug-likeness (QED) is 0.520. The van der Waals surface area contributed by atoms with Crippen LogP contribution in [0.1, 0.15) is 44.3 Å². The Morgan fingerprint density at radius 1 is 1.27 bits per heavy atom. The van der Waals surface area contributed by atoms with E-state index in [0.29, 0.717) is 23.2 Å². The van der Waals surface area contributed by atoms with Gasteiger partial charge in [-0.25, -0.2) is 13.1 Å². The number of hydrogen-bond acceptors (Lipinski definition) is 8. The molecule has 0 radical (unpaired) electrons. The van der Waals surface area contributed by atoms with Gasteiger partial charge in [-0.15, -0.1) is 10.2 Å². The molecule has 164 valence electrons. The third-order valence-corrected chi connectivity index (χ3v) is 8.63. The number of carbonyl (C=O) groups is 1. The van der Waals surface area contributed by atoms with Crippen LogP contribution in [0.3, 0.4) is 0 Å². The highest BCUT2D eigenvalue weighted by Crippen LogP contribution is 2.30. The van der Waals surface area contributed by atoms with Crippen LogP contribution in [0.2, 0.25) is 0 Å². The number of hydrogen-bond donors (Lipinski definition) is 1. The van der Waals surface area contributed by atoms with Crippen LogP contribution >= 0.6 is 11.8 Å². The summed E-state index contributed by atoms with van der Waals surface area (Å²) in [7, 11) is -3.07. The van der Waals surface area contributed by atoms with Crippen molar-refractivity contribution < 1.29 is 17.6 Å². The summed E-state index contributed by atoms with van der Waals surface area (Å²) in [6.45, 7) is 1.82. The Morgan fingerprint density at radius 3 is 2.67 bits per heavy atom. The normalized spacial score (nSPS) is 21.7. The molecule has 1 amide bonds. The topological polar surface area (TPSA) is 124 Å². The standard InChI is InChI=1S/C19H27N5O4S2/c1-13-16(7-9-28-13)18-21-22-19(24(18)20)29-11-17(25)23(14-5-3-2-4-6-14)15-8-10-30(26,27)12-15/h7,9,14-15H,2-6,8,10-12,20H2,1H3/t15-/m0/s1. The van der Waals surface area contributed by atoms with Gasteiger partial charge in [0.05, 0.1) is 29.1 Å². The van der Waals surface area contributed by atoms with Crippen molar-refractivity contribution in [3.63, 3.8) is 0 Å². The minimum absolute atomic E-state index is 0.0574. The fraction of sp³-hybridized carbons (Fsp3) is 0.632. The maximum Gasteiger partial charge on any atom is 0.233 e. The van der Waals surface area contributed by atoms with Crippen molar-refractivity contribution in [1.82, 2.24) is 19.8 Å². The largest absolute Gasteiger partial charge is 0.469 e. The van der Waals surface area contributed by atoms with Gasteiger partial charge in [0.1, 0.15) is 5.76 Å². The predicted octanol–water partition coefficient (Wildman–Crippen LogP) is 2.00. The Kier molecular flexibility index (Phi) is 6.10. The fourth-order valence-corrected chi connectivity index (χ4v) is 6.87. The molecule has 1 aliphatic carbocycles. The molecule has 30 heavy (non-hydrogen) atoms. The van der Waals surface area contributed by atoms with E-state index < -0.39 is 9.84 Å². The number of nitrogens with two attached hydrogens (primary N) is 1. The van der Waals surface area contributed by atoms with E-state index >= 15 is 0 Å². The first-order chi connectivity index (χ1) is 14.4.